The molecule has 0 aliphatic heterocycles. The maximum atomic E-state index is 8.61. The molecule has 2 rings (SSSR count). The molecule has 0 amide bonds. The van der Waals surface area contributed by atoms with Gasteiger partial charge in [0.1, 0.15) is 0 Å². The zero-order valence-electron chi connectivity index (χ0n) is 7.05. The number of benzene rings is 1. The molecule has 1 nitrogen and oxygen atoms in total. The molecule has 0 N–H and O–H groups in total. The van der Waals surface area contributed by atoms with Gasteiger partial charge < -0.3 is 0 Å². The first-order chi connectivity index (χ1) is 6.72. The molecule has 0 saturated carbocycles. The summed E-state index contributed by atoms with van der Waals surface area (Å²) in [4.78, 5) is 0. The highest BCUT2D eigenvalue weighted by molar-refractivity contribution is 9.10. The molecule has 0 aliphatic carbocycles. The van der Waals surface area contributed by atoms with Crippen LogP contribution in [-0.2, 0) is 6.42 Å². The average Bonchev–Trinajstić information content (AvgIpc) is 2.49. The van der Waals surface area contributed by atoms with Crippen molar-refractivity contribution in [2.75, 3.05) is 0 Å². The summed E-state index contributed by atoms with van der Waals surface area (Å²) in [6, 6.07) is 6.07. The van der Waals surface area contributed by atoms with Crippen molar-refractivity contribution in [3.05, 3.63) is 32.6 Å². The summed E-state index contributed by atoms with van der Waals surface area (Å²) >= 11 is 11.1. The van der Waals surface area contributed by atoms with Crippen molar-refractivity contribution in [1.29, 1.82) is 5.26 Å². The second-order valence-electron chi connectivity index (χ2n) is 2.87. The molecule has 0 spiro atoms. The fourth-order valence-corrected chi connectivity index (χ4v) is 3.26. The third-order valence-corrected chi connectivity index (χ3v) is 4.28. The van der Waals surface area contributed by atoms with Crippen LogP contribution in [0.25, 0.3) is 10.1 Å². The van der Waals surface area contributed by atoms with Crippen molar-refractivity contribution < 1.29 is 0 Å². The van der Waals surface area contributed by atoms with Crippen LogP contribution in [0.4, 0.5) is 0 Å². The van der Waals surface area contributed by atoms with Gasteiger partial charge in [-0.15, -0.1) is 11.3 Å². The van der Waals surface area contributed by atoms with Crippen LogP contribution in [0.5, 0.6) is 0 Å². The average molecular weight is 287 g/mol. The smallest absolute Gasteiger partial charge is 0.0669 e. The molecule has 0 aliphatic rings. The van der Waals surface area contributed by atoms with E-state index < -0.39 is 0 Å². The Hall–Kier alpha value is -0.560. The minimum atomic E-state index is 0.417. The van der Waals surface area contributed by atoms with Crippen LogP contribution >= 0.6 is 38.9 Å². The van der Waals surface area contributed by atoms with Gasteiger partial charge in [-0.3, -0.25) is 0 Å². The topological polar surface area (TPSA) is 23.8 Å². The number of fused-ring (bicyclic) bond motifs is 1. The first kappa shape index (κ1) is 9.97. The Morgan fingerprint density at radius 2 is 2.29 bits per heavy atom. The fraction of sp³-hybridized carbons (Fsp3) is 0.100. The van der Waals surface area contributed by atoms with Crippen molar-refractivity contribution in [2.45, 2.75) is 6.42 Å². The Kier molecular flexibility index (Phi) is 2.78. The molecule has 4 heteroatoms. The normalized spacial score (nSPS) is 10.4. The highest BCUT2D eigenvalue weighted by atomic mass is 79.9. The second-order valence-corrected chi connectivity index (χ2v) is 5.01. The summed E-state index contributed by atoms with van der Waals surface area (Å²) in [6.45, 7) is 0. The molecule has 1 heterocycles. The van der Waals surface area contributed by atoms with E-state index in [4.69, 9.17) is 16.9 Å². The molecule has 2 aromatic rings. The molecule has 70 valence electrons. The van der Waals surface area contributed by atoms with E-state index in [0.29, 0.717) is 6.42 Å². The Labute approximate surface area is 99.0 Å². The monoisotopic (exact) mass is 285 g/mol. The summed E-state index contributed by atoms with van der Waals surface area (Å²) in [7, 11) is 0. The molecular weight excluding hydrogens is 282 g/mol. The number of nitrogens with zero attached hydrogens (tertiary/aromatic N) is 1. The van der Waals surface area contributed by atoms with Crippen LogP contribution in [0.1, 0.15) is 5.56 Å². The third-order valence-electron chi connectivity index (χ3n) is 1.92. The quantitative estimate of drug-likeness (QED) is 0.763. The minimum absolute atomic E-state index is 0.417. The molecule has 14 heavy (non-hydrogen) atoms. The van der Waals surface area contributed by atoms with E-state index in [1.807, 2.05) is 17.5 Å². The summed E-state index contributed by atoms with van der Waals surface area (Å²) < 4.78 is 2.15. The van der Waals surface area contributed by atoms with Crippen LogP contribution in [0.3, 0.4) is 0 Å². The fourth-order valence-electron chi connectivity index (χ4n) is 1.31. The van der Waals surface area contributed by atoms with E-state index in [1.165, 1.54) is 0 Å². The number of hydrogen-bond acceptors (Lipinski definition) is 2. The third kappa shape index (κ3) is 1.66. The van der Waals surface area contributed by atoms with E-state index in [1.54, 1.807) is 11.3 Å². The van der Waals surface area contributed by atoms with Gasteiger partial charge in [0.25, 0.3) is 0 Å². The zero-order chi connectivity index (χ0) is 10.1. The van der Waals surface area contributed by atoms with Crippen LogP contribution < -0.4 is 0 Å². The number of hydrogen-bond donors (Lipinski definition) is 0. The summed E-state index contributed by atoms with van der Waals surface area (Å²) in [5, 5.41) is 12.3. The van der Waals surface area contributed by atoms with E-state index in [2.05, 4.69) is 22.0 Å². The summed E-state index contributed by atoms with van der Waals surface area (Å²) in [6.07, 6.45) is 0.417. The van der Waals surface area contributed by atoms with Crippen LogP contribution in [0, 0.1) is 11.3 Å². The zero-order valence-corrected chi connectivity index (χ0v) is 10.2. The van der Waals surface area contributed by atoms with Gasteiger partial charge in [0.2, 0.25) is 0 Å². The maximum Gasteiger partial charge on any atom is 0.0669 e. The van der Waals surface area contributed by atoms with Crippen molar-refractivity contribution in [1.82, 2.24) is 0 Å². The van der Waals surface area contributed by atoms with Crippen molar-refractivity contribution in [3.8, 4) is 6.07 Å². The Balaban J connectivity index is 2.70. The van der Waals surface area contributed by atoms with Gasteiger partial charge in [0, 0.05) is 15.2 Å². The number of thiophene rings is 1. The van der Waals surface area contributed by atoms with E-state index in [0.717, 1.165) is 25.1 Å². The summed E-state index contributed by atoms with van der Waals surface area (Å²) in [5.41, 5.74) is 0.993. The molecule has 0 bridgehead atoms. The SMILES string of the molecule is N#CCc1cc(Br)c2scc(Cl)c2c1. The molecular formula is C10H5BrClNS. The first-order valence-corrected chi connectivity index (χ1v) is 5.99. The maximum absolute atomic E-state index is 8.61. The summed E-state index contributed by atoms with van der Waals surface area (Å²) in [5.74, 6) is 0. The van der Waals surface area contributed by atoms with Gasteiger partial charge in [0.05, 0.1) is 22.2 Å². The van der Waals surface area contributed by atoms with Gasteiger partial charge in [-0.25, -0.2) is 0 Å². The van der Waals surface area contributed by atoms with Crippen molar-refractivity contribution >= 4 is 49.0 Å². The molecule has 0 saturated heterocycles. The van der Waals surface area contributed by atoms with Gasteiger partial charge in [-0.05, 0) is 33.6 Å². The lowest BCUT2D eigenvalue weighted by molar-refractivity contribution is 1.27. The van der Waals surface area contributed by atoms with Crippen LogP contribution in [-0.4, -0.2) is 0 Å². The number of nitriles is 1. The minimum Gasteiger partial charge on any atom is -0.198 e. The largest absolute Gasteiger partial charge is 0.198 e. The van der Waals surface area contributed by atoms with Crippen LogP contribution in [0.2, 0.25) is 5.02 Å². The molecule has 0 unspecified atom stereocenters. The number of rotatable bonds is 1. The lowest BCUT2D eigenvalue weighted by Crippen LogP contribution is -1.81. The Bertz CT molecular complexity index is 527. The van der Waals surface area contributed by atoms with Gasteiger partial charge in [0.15, 0.2) is 0 Å². The van der Waals surface area contributed by atoms with E-state index in [-0.39, 0.29) is 0 Å². The second kappa shape index (κ2) is 3.90. The molecule has 0 fully saturated rings. The predicted molar refractivity (Wildman–Crippen MR) is 63.9 cm³/mol. The Morgan fingerprint density at radius 3 is 3.00 bits per heavy atom. The lowest BCUT2D eigenvalue weighted by atomic mass is 10.1. The van der Waals surface area contributed by atoms with Crippen molar-refractivity contribution in [3.63, 3.8) is 0 Å². The molecule has 1 aromatic carbocycles. The molecule has 1 aromatic heterocycles. The lowest BCUT2D eigenvalue weighted by Gasteiger charge is -1.98. The van der Waals surface area contributed by atoms with E-state index >= 15 is 0 Å². The molecule has 0 atom stereocenters. The highest BCUT2D eigenvalue weighted by Gasteiger charge is 2.07. The van der Waals surface area contributed by atoms with Crippen LogP contribution in [0.15, 0.2) is 22.0 Å². The van der Waals surface area contributed by atoms with Gasteiger partial charge >= 0.3 is 0 Å². The Morgan fingerprint density at radius 1 is 1.50 bits per heavy atom. The van der Waals surface area contributed by atoms with Gasteiger partial charge in [-0.2, -0.15) is 5.26 Å². The van der Waals surface area contributed by atoms with E-state index in [9.17, 15) is 0 Å². The molecule has 0 radical (unpaired) electrons. The predicted octanol–water partition coefficient (Wildman–Crippen LogP) is 4.38. The number of halogens is 2. The highest BCUT2D eigenvalue weighted by Crippen LogP contribution is 2.36. The van der Waals surface area contributed by atoms with Crippen molar-refractivity contribution in [2.24, 2.45) is 0 Å². The first-order valence-electron chi connectivity index (χ1n) is 3.94. The standard InChI is InChI=1S/C10H5BrClNS/c11-8-4-6(1-2-13)3-7-9(12)5-14-10(7)8/h3-5H,1H2. The van der Waals surface area contributed by atoms with Gasteiger partial charge in [-0.1, -0.05) is 11.6 Å².